The van der Waals surface area contributed by atoms with Gasteiger partial charge in [-0.3, -0.25) is 0 Å². The summed E-state index contributed by atoms with van der Waals surface area (Å²) in [6, 6.07) is 20.8. The van der Waals surface area contributed by atoms with Crippen molar-refractivity contribution >= 4 is 11.8 Å². The van der Waals surface area contributed by atoms with Gasteiger partial charge in [-0.2, -0.15) is 13.2 Å². The molecule has 0 amide bonds. The largest absolute Gasteiger partial charge is 0.394 e. The van der Waals surface area contributed by atoms with Gasteiger partial charge in [0.05, 0.1) is 13.2 Å². The number of hydrogen-bond donors (Lipinski definition) is 2. The van der Waals surface area contributed by atoms with E-state index in [0.29, 0.717) is 0 Å². The van der Waals surface area contributed by atoms with Crippen LogP contribution in [0.25, 0.3) is 0 Å². The summed E-state index contributed by atoms with van der Waals surface area (Å²) in [5.41, 5.74) is 0. The Bertz CT molecular complexity index is 399. The van der Waals surface area contributed by atoms with Crippen molar-refractivity contribution in [3.05, 3.63) is 60.7 Å². The number of benzene rings is 2. The highest BCUT2D eigenvalue weighted by atomic mass is 32.2. The summed E-state index contributed by atoms with van der Waals surface area (Å²) in [6.45, 7) is -3.92. The van der Waals surface area contributed by atoms with Crippen molar-refractivity contribution in [1.29, 1.82) is 0 Å². The summed E-state index contributed by atoms with van der Waals surface area (Å²) in [5, 5.41) is 15.2. The van der Waals surface area contributed by atoms with Gasteiger partial charge in [-0.1, -0.05) is 48.2 Å². The molecule has 0 aliphatic rings. The lowest BCUT2D eigenvalue weighted by Gasteiger charge is -1.99. The molecule has 0 aliphatic heterocycles. The molecule has 2 aromatic carbocycles. The smallest absolute Gasteiger partial charge is 0.379 e. The van der Waals surface area contributed by atoms with Gasteiger partial charge in [0.1, 0.15) is 0 Å². The van der Waals surface area contributed by atoms with Crippen molar-refractivity contribution in [1.82, 2.24) is 0 Å². The molecule has 0 spiro atoms. The Balaban J connectivity index is 0.000000421. The SMILES string of the molecule is FC(F)F.OCCO.c1ccc(Sc2ccccc2)cc1. The van der Waals surface area contributed by atoms with Crippen LogP contribution in [-0.2, 0) is 0 Å². The number of halogens is 3. The van der Waals surface area contributed by atoms with Crippen LogP contribution in [0.1, 0.15) is 0 Å². The van der Waals surface area contributed by atoms with E-state index in [0.717, 1.165) is 0 Å². The predicted octanol–water partition coefficient (Wildman–Crippen LogP) is 3.99. The summed E-state index contributed by atoms with van der Waals surface area (Å²) in [5.74, 6) is 0. The molecule has 21 heavy (non-hydrogen) atoms. The predicted molar refractivity (Wildman–Crippen MR) is 78.3 cm³/mol. The number of aliphatic hydroxyl groups is 2. The van der Waals surface area contributed by atoms with Gasteiger partial charge >= 0.3 is 6.68 Å². The van der Waals surface area contributed by atoms with Crippen LogP contribution >= 0.6 is 11.8 Å². The first-order valence-electron chi connectivity index (χ1n) is 6.02. The van der Waals surface area contributed by atoms with Crippen LogP contribution in [-0.4, -0.2) is 30.1 Å². The van der Waals surface area contributed by atoms with Gasteiger partial charge in [-0.15, -0.1) is 0 Å². The van der Waals surface area contributed by atoms with Crippen molar-refractivity contribution in [2.24, 2.45) is 0 Å². The Morgan fingerprint density at radius 3 is 1.24 bits per heavy atom. The first-order valence-corrected chi connectivity index (χ1v) is 6.83. The maximum absolute atomic E-state index is 9.67. The Morgan fingerprint density at radius 1 is 0.714 bits per heavy atom. The lowest BCUT2D eigenvalue weighted by atomic mass is 10.4. The van der Waals surface area contributed by atoms with Crippen LogP contribution < -0.4 is 0 Å². The minimum atomic E-state index is -3.67. The van der Waals surface area contributed by atoms with E-state index < -0.39 is 6.68 Å². The van der Waals surface area contributed by atoms with Crippen LogP contribution in [0.3, 0.4) is 0 Å². The molecular formula is C15H17F3O2S. The monoisotopic (exact) mass is 318 g/mol. The molecule has 116 valence electrons. The molecule has 6 heteroatoms. The Hall–Kier alpha value is -1.50. The zero-order valence-corrected chi connectivity index (χ0v) is 12.0. The maximum atomic E-state index is 9.67. The molecule has 0 saturated heterocycles. The molecule has 0 aliphatic carbocycles. The van der Waals surface area contributed by atoms with Gasteiger partial charge in [-0.25, -0.2) is 0 Å². The van der Waals surface area contributed by atoms with Gasteiger partial charge < -0.3 is 10.2 Å². The number of alkyl halides is 3. The highest BCUT2D eigenvalue weighted by molar-refractivity contribution is 7.99. The molecule has 0 bridgehead atoms. The average molecular weight is 318 g/mol. The average Bonchev–Trinajstić information content (AvgIpc) is 2.49. The maximum Gasteiger partial charge on any atom is 0.379 e. The topological polar surface area (TPSA) is 40.5 Å². The minimum absolute atomic E-state index is 0.125. The van der Waals surface area contributed by atoms with Crippen LogP contribution in [0.4, 0.5) is 13.2 Å². The zero-order chi connectivity index (χ0) is 15.9. The lowest BCUT2D eigenvalue weighted by molar-refractivity contribution is 0.00819. The second-order valence-electron chi connectivity index (χ2n) is 3.42. The Labute approximate surface area is 126 Å². The fourth-order valence-corrected chi connectivity index (χ4v) is 1.97. The minimum Gasteiger partial charge on any atom is -0.394 e. The third-order valence-electron chi connectivity index (χ3n) is 1.82. The van der Waals surface area contributed by atoms with Crippen molar-refractivity contribution in [2.45, 2.75) is 16.5 Å². The van der Waals surface area contributed by atoms with Crippen molar-refractivity contribution in [3.8, 4) is 0 Å². The number of hydrogen-bond acceptors (Lipinski definition) is 3. The van der Waals surface area contributed by atoms with Gasteiger partial charge in [0.2, 0.25) is 0 Å². The third kappa shape index (κ3) is 13.2. The van der Waals surface area contributed by atoms with E-state index in [1.165, 1.54) is 9.79 Å². The van der Waals surface area contributed by atoms with Crippen LogP contribution in [0.5, 0.6) is 0 Å². The fraction of sp³-hybridized carbons (Fsp3) is 0.200. The molecule has 0 saturated carbocycles. The Morgan fingerprint density at radius 2 is 1.00 bits per heavy atom. The molecule has 2 nitrogen and oxygen atoms in total. The van der Waals surface area contributed by atoms with Crippen molar-refractivity contribution < 1.29 is 23.4 Å². The summed E-state index contributed by atoms with van der Waals surface area (Å²) < 4.78 is 29.0. The van der Waals surface area contributed by atoms with E-state index in [1.807, 2.05) is 12.1 Å². The third-order valence-corrected chi connectivity index (χ3v) is 2.84. The van der Waals surface area contributed by atoms with E-state index in [1.54, 1.807) is 11.8 Å². The summed E-state index contributed by atoms with van der Waals surface area (Å²) in [7, 11) is 0. The van der Waals surface area contributed by atoms with E-state index in [4.69, 9.17) is 10.2 Å². The fourth-order valence-electron chi connectivity index (χ4n) is 1.11. The normalized spacial score (nSPS) is 9.24. The second-order valence-corrected chi connectivity index (χ2v) is 4.57. The molecule has 2 rings (SSSR count). The molecule has 2 aromatic rings. The van der Waals surface area contributed by atoms with Crippen molar-refractivity contribution in [2.75, 3.05) is 13.2 Å². The first kappa shape index (κ1) is 19.5. The molecule has 0 unspecified atom stereocenters. The van der Waals surface area contributed by atoms with Gasteiger partial charge in [-0.05, 0) is 24.3 Å². The Kier molecular flexibility index (Phi) is 12.5. The summed E-state index contributed by atoms with van der Waals surface area (Å²) >= 11 is 1.79. The molecule has 0 aromatic heterocycles. The standard InChI is InChI=1S/C12H10S.C2H6O2.CHF3/c1-3-7-11(8-4-1)13-12-9-5-2-6-10-12;3-1-2-4;2-1(3)4/h1-10H;3-4H,1-2H2;1H. The van der Waals surface area contributed by atoms with E-state index >= 15 is 0 Å². The summed E-state index contributed by atoms with van der Waals surface area (Å²) in [6.07, 6.45) is 0. The molecule has 0 atom stereocenters. The van der Waals surface area contributed by atoms with Crippen LogP contribution in [0.15, 0.2) is 70.5 Å². The van der Waals surface area contributed by atoms with E-state index in [2.05, 4.69) is 48.5 Å². The zero-order valence-electron chi connectivity index (χ0n) is 11.2. The molecule has 0 radical (unpaired) electrons. The number of rotatable bonds is 3. The quantitative estimate of drug-likeness (QED) is 0.899. The molecular weight excluding hydrogens is 301 g/mol. The number of aliphatic hydroxyl groups excluding tert-OH is 2. The van der Waals surface area contributed by atoms with Gasteiger partial charge in [0.15, 0.2) is 0 Å². The molecule has 0 fully saturated rings. The van der Waals surface area contributed by atoms with E-state index in [9.17, 15) is 13.2 Å². The van der Waals surface area contributed by atoms with Gasteiger partial charge in [0.25, 0.3) is 0 Å². The lowest BCUT2D eigenvalue weighted by Crippen LogP contribution is -1.85. The first-order chi connectivity index (χ1) is 10.1. The molecule has 2 N–H and O–H groups in total. The van der Waals surface area contributed by atoms with Crippen LogP contribution in [0.2, 0.25) is 0 Å². The van der Waals surface area contributed by atoms with Crippen LogP contribution in [0, 0.1) is 0 Å². The highest BCUT2D eigenvalue weighted by Gasteiger charge is 1.93. The van der Waals surface area contributed by atoms with Gasteiger partial charge in [0, 0.05) is 9.79 Å². The van der Waals surface area contributed by atoms with E-state index in [-0.39, 0.29) is 13.2 Å². The van der Waals surface area contributed by atoms with Crippen molar-refractivity contribution in [3.63, 3.8) is 0 Å². The summed E-state index contributed by atoms with van der Waals surface area (Å²) in [4.78, 5) is 2.57. The molecule has 0 heterocycles. The second kappa shape index (κ2) is 13.5. The highest BCUT2D eigenvalue weighted by Crippen LogP contribution is 2.26.